The van der Waals surface area contributed by atoms with Gasteiger partial charge >= 0.3 is 5.95 Å². The van der Waals surface area contributed by atoms with Gasteiger partial charge in [0.25, 0.3) is 0 Å². The maximum Gasteiger partial charge on any atom is 0.305 e. The summed E-state index contributed by atoms with van der Waals surface area (Å²) in [4.78, 5) is 4.20. The van der Waals surface area contributed by atoms with Gasteiger partial charge in [0.05, 0.1) is 13.7 Å². The van der Waals surface area contributed by atoms with Crippen molar-refractivity contribution in [2.45, 2.75) is 20.3 Å². The van der Waals surface area contributed by atoms with E-state index in [-0.39, 0.29) is 0 Å². The van der Waals surface area contributed by atoms with Crippen molar-refractivity contribution in [2.75, 3.05) is 13.7 Å². The zero-order valence-electron chi connectivity index (χ0n) is 10.9. The predicted octanol–water partition coefficient (Wildman–Crippen LogP) is 3.31. The first-order valence-corrected chi connectivity index (χ1v) is 6.04. The predicted molar refractivity (Wildman–Crippen MR) is 69.0 cm³/mol. The molecule has 4 nitrogen and oxygen atoms in total. The van der Waals surface area contributed by atoms with Gasteiger partial charge in [0.15, 0.2) is 0 Å². The third-order valence-electron chi connectivity index (χ3n) is 2.68. The van der Waals surface area contributed by atoms with Crippen LogP contribution in [0.3, 0.4) is 0 Å². The number of benzene rings is 1. The molecule has 0 unspecified atom stereocenters. The van der Waals surface area contributed by atoms with Crippen molar-refractivity contribution < 1.29 is 13.9 Å². The number of hydrogen-bond acceptors (Lipinski definition) is 4. The fraction of sp³-hybridized carbons (Fsp3) is 0.357. The van der Waals surface area contributed by atoms with E-state index in [1.807, 2.05) is 25.1 Å². The first kappa shape index (κ1) is 12.5. The van der Waals surface area contributed by atoms with Crippen molar-refractivity contribution in [1.82, 2.24) is 4.98 Å². The van der Waals surface area contributed by atoms with E-state index in [4.69, 9.17) is 13.9 Å². The highest BCUT2D eigenvalue weighted by molar-refractivity contribution is 5.57. The molecule has 1 aromatic heterocycles. The Morgan fingerprint density at radius 2 is 2.11 bits per heavy atom. The minimum absolute atomic E-state index is 0.446. The second-order valence-corrected chi connectivity index (χ2v) is 3.80. The van der Waals surface area contributed by atoms with E-state index in [1.165, 1.54) is 0 Å². The summed E-state index contributed by atoms with van der Waals surface area (Å²) in [6.07, 6.45) is 2.49. The van der Waals surface area contributed by atoms with Crippen LogP contribution >= 0.6 is 0 Å². The average molecular weight is 247 g/mol. The molecule has 96 valence electrons. The summed E-state index contributed by atoms with van der Waals surface area (Å²) in [6, 6.07) is 5.89. The van der Waals surface area contributed by atoms with Crippen LogP contribution < -0.4 is 9.47 Å². The topological polar surface area (TPSA) is 44.5 Å². The highest BCUT2D eigenvalue weighted by Crippen LogP contribution is 2.28. The van der Waals surface area contributed by atoms with E-state index < -0.39 is 0 Å². The van der Waals surface area contributed by atoms with Gasteiger partial charge in [-0.05, 0) is 37.1 Å². The standard InChI is InChI=1S/C14H17NO3/c1-4-10-8-11(6-7-12(10)16-3)14-15-9-13(18-14)17-5-2/h6-9H,4-5H2,1-3H3. The Hall–Kier alpha value is -1.97. The molecule has 0 spiro atoms. The van der Waals surface area contributed by atoms with Gasteiger partial charge in [0, 0.05) is 5.56 Å². The van der Waals surface area contributed by atoms with Gasteiger partial charge in [-0.25, -0.2) is 4.98 Å². The molecule has 0 aliphatic rings. The minimum atomic E-state index is 0.446. The summed E-state index contributed by atoms with van der Waals surface area (Å²) in [6.45, 7) is 4.56. The summed E-state index contributed by atoms with van der Waals surface area (Å²) >= 11 is 0. The number of nitrogens with zero attached hydrogens (tertiary/aromatic N) is 1. The normalized spacial score (nSPS) is 10.4. The first-order chi connectivity index (χ1) is 8.78. The van der Waals surface area contributed by atoms with Crippen LogP contribution in [-0.4, -0.2) is 18.7 Å². The zero-order chi connectivity index (χ0) is 13.0. The van der Waals surface area contributed by atoms with Crippen LogP contribution in [0.5, 0.6) is 11.7 Å². The van der Waals surface area contributed by atoms with Crippen molar-refractivity contribution >= 4 is 0 Å². The Kier molecular flexibility index (Phi) is 3.87. The molecular formula is C14H17NO3. The molecule has 0 N–H and O–H groups in total. The van der Waals surface area contributed by atoms with Gasteiger partial charge in [-0.15, -0.1) is 0 Å². The molecule has 2 rings (SSSR count). The fourth-order valence-corrected chi connectivity index (χ4v) is 1.79. The minimum Gasteiger partial charge on any atom is -0.496 e. The molecule has 2 aromatic rings. The number of aromatic nitrogens is 1. The smallest absolute Gasteiger partial charge is 0.305 e. The summed E-state index contributed by atoms with van der Waals surface area (Å²) < 4.78 is 16.1. The monoisotopic (exact) mass is 247 g/mol. The molecule has 0 bridgehead atoms. The maximum absolute atomic E-state index is 5.51. The molecule has 0 saturated carbocycles. The average Bonchev–Trinajstić information content (AvgIpc) is 2.87. The van der Waals surface area contributed by atoms with E-state index in [0.717, 1.165) is 23.3 Å². The van der Waals surface area contributed by atoms with E-state index in [1.54, 1.807) is 13.3 Å². The Bertz CT molecular complexity index is 520. The Labute approximate surface area is 107 Å². The lowest BCUT2D eigenvalue weighted by Gasteiger charge is -2.07. The lowest BCUT2D eigenvalue weighted by Crippen LogP contribution is -1.91. The van der Waals surface area contributed by atoms with Crippen LogP contribution in [0, 0.1) is 0 Å². The number of ether oxygens (including phenoxy) is 2. The van der Waals surface area contributed by atoms with Crippen molar-refractivity contribution in [2.24, 2.45) is 0 Å². The Morgan fingerprint density at radius 3 is 2.78 bits per heavy atom. The van der Waals surface area contributed by atoms with E-state index in [9.17, 15) is 0 Å². The molecule has 1 aromatic carbocycles. The van der Waals surface area contributed by atoms with Crippen LogP contribution in [0.2, 0.25) is 0 Å². The lowest BCUT2D eigenvalue weighted by molar-refractivity contribution is 0.260. The third-order valence-corrected chi connectivity index (χ3v) is 2.68. The second-order valence-electron chi connectivity index (χ2n) is 3.80. The molecule has 1 heterocycles. The summed E-state index contributed by atoms with van der Waals surface area (Å²) in [5, 5.41) is 0. The molecule has 0 aliphatic heterocycles. The van der Waals surface area contributed by atoms with Gasteiger partial charge < -0.3 is 13.9 Å². The van der Waals surface area contributed by atoms with Crippen LogP contribution in [0.4, 0.5) is 0 Å². The van der Waals surface area contributed by atoms with Crippen molar-refractivity contribution in [1.29, 1.82) is 0 Å². The summed E-state index contributed by atoms with van der Waals surface area (Å²) in [5.74, 6) is 1.90. The van der Waals surface area contributed by atoms with Gasteiger partial charge in [0.1, 0.15) is 11.9 Å². The van der Waals surface area contributed by atoms with Crippen molar-refractivity contribution in [3.05, 3.63) is 30.0 Å². The van der Waals surface area contributed by atoms with E-state index in [0.29, 0.717) is 18.4 Å². The number of methoxy groups -OCH3 is 1. The molecule has 0 fully saturated rings. The van der Waals surface area contributed by atoms with Gasteiger partial charge in [-0.1, -0.05) is 6.92 Å². The van der Waals surface area contributed by atoms with Crippen molar-refractivity contribution in [3.8, 4) is 23.1 Å². The number of hydrogen-bond donors (Lipinski definition) is 0. The first-order valence-electron chi connectivity index (χ1n) is 6.04. The molecule has 0 aliphatic carbocycles. The molecule has 4 heteroatoms. The van der Waals surface area contributed by atoms with E-state index >= 15 is 0 Å². The van der Waals surface area contributed by atoms with Gasteiger partial charge in [-0.2, -0.15) is 0 Å². The SMILES string of the molecule is CCOc1cnc(-c2ccc(OC)c(CC)c2)o1. The molecule has 0 radical (unpaired) electrons. The lowest BCUT2D eigenvalue weighted by atomic mass is 10.1. The number of aryl methyl sites for hydroxylation is 1. The second kappa shape index (κ2) is 5.58. The molecular weight excluding hydrogens is 230 g/mol. The number of rotatable bonds is 5. The largest absolute Gasteiger partial charge is 0.496 e. The van der Waals surface area contributed by atoms with Crippen molar-refractivity contribution in [3.63, 3.8) is 0 Å². The van der Waals surface area contributed by atoms with Crippen LogP contribution in [-0.2, 0) is 6.42 Å². The van der Waals surface area contributed by atoms with Gasteiger partial charge in [0.2, 0.25) is 5.89 Å². The van der Waals surface area contributed by atoms with Crippen LogP contribution in [0.15, 0.2) is 28.8 Å². The summed E-state index contributed by atoms with van der Waals surface area (Å²) in [7, 11) is 1.67. The summed E-state index contributed by atoms with van der Waals surface area (Å²) in [5.41, 5.74) is 2.06. The Balaban J connectivity index is 2.31. The third kappa shape index (κ3) is 2.47. The van der Waals surface area contributed by atoms with Crippen LogP contribution in [0.1, 0.15) is 19.4 Å². The number of oxazole rings is 1. The molecule has 0 amide bonds. The quantitative estimate of drug-likeness (QED) is 0.813. The van der Waals surface area contributed by atoms with E-state index in [2.05, 4.69) is 11.9 Å². The fourth-order valence-electron chi connectivity index (χ4n) is 1.79. The molecule has 0 atom stereocenters. The Morgan fingerprint density at radius 1 is 1.28 bits per heavy atom. The highest BCUT2D eigenvalue weighted by Gasteiger charge is 2.10. The maximum atomic E-state index is 5.51. The van der Waals surface area contributed by atoms with Gasteiger partial charge in [-0.3, -0.25) is 0 Å². The highest BCUT2D eigenvalue weighted by atomic mass is 16.6. The molecule has 0 saturated heterocycles. The molecule has 18 heavy (non-hydrogen) atoms. The zero-order valence-corrected chi connectivity index (χ0v) is 10.9. The van der Waals surface area contributed by atoms with Crippen LogP contribution in [0.25, 0.3) is 11.5 Å².